The second-order valence-electron chi connectivity index (χ2n) is 4.43. The van der Waals surface area contributed by atoms with E-state index in [2.05, 4.69) is 20.3 Å². The number of aliphatic hydroxyl groups is 1. The number of aromatic nitrogens is 3. The summed E-state index contributed by atoms with van der Waals surface area (Å²) in [6, 6.07) is 1.47. The first-order chi connectivity index (χ1) is 9.97. The molecule has 1 amide bonds. The lowest BCUT2D eigenvalue weighted by Crippen LogP contribution is -2.16. The summed E-state index contributed by atoms with van der Waals surface area (Å²) in [5.41, 5.74) is 6.28. The van der Waals surface area contributed by atoms with E-state index in [1.165, 1.54) is 24.7 Å². The number of halogens is 1. The third-order valence-corrected chi connectivity index (χ3v) is 2.90. The predicted molar refractivity (Wildman–Crippen MR) is 79.0 cm³/mol. The Hall–Kier alpha value is -2.25. The number of nitrogens with zero attached hydrogens (tertiary/aromatic N) is 3. The van der Waals surface area contributed by atoms with Crippen molar-refractivity contribution in [2.45, 2.75) is 13.0 Å². The minimum Gasteiger partial charge on any atom is -0.392 e. The molecule has 2 heterocycles. The Morgan fingerprint density at radius 1 is 1.48 bits per heavy atom. The van der Waals surface area contributed by atoms with E-state index in [1.54, 1.807) is 6.92 Å². The maximum atomic E-state index is 11.2. The molecule has 0 aliphatic heterocycles. The van der Waals surface area contributed by atoms with Crippen LogP contribution < -0.4 is 11.1 Å². The number of aliphatic hydroxyl groups excluding tert-OH is 1. The van der Waals surface area contributed by atoms with Crippen LogP contribution in [0.2, 0.25) is 5.02 Å². The maximum Gasteiger partial charge on any atom is 0.267 e. The number of pyridine rings is 1. The Balaban J connectivity index is 2.35. The zero-order chi connectivity index (χ0) is 15.4. The Labute approximate surface area is 126 Å². The van der Waals surface area contributed by atoms with E-state index < -0.39 is 12.0 Å². The first-order valence-electron chi connectivity index (χ1n) is 6.17. The Morgan fingerprint density at radius 3 is 2.90 bits per heavy atom. The van der Waals surface area contributed by atoms with Crippen LogP contribution in [-0.4, -0.2) is 38.6 Å². The number of carbonyl (C=O) groups excluding carboxylic acids is 1. The third kappa shape index (κ3) is 3.87. The SMILES string of the molecule is C[C@@H](O)CNc1cncc(-c2cc(C(N)=O)ncc2Cl)n1. The highest BCUT2D eigenvalue weighted by molar-refractivity contribution is 6.33. The van der Waals surface area contributed by atoms with Crippen LogP contribution in [0.1, 0.15) is 17.4 Å². The van der Waals surface area contributed by atoms with Crippen LogP contribution in [-0.2, 0) is 0 Å². The van der Waals surface area contributed by atoms with Gasteiger partial charge in [-0.05, 0) is 13.0 Å². The number of hydrogen-bond acceptors (Lipinski definition) is 6. The molecule has 0 aromatic carbocycles. The zero-order valence-electron chi connectivity index (χ0n) is 11.2. The van der Waals surface area contributed by atoms with Crippen molar-refractivity contribution in [3.05, 3.63) is 35.4 Å². The molecule has 2 aromatic heterocycles. The van der Waals surface area contributed by atoms with Crippen molar-refractivity contribution < 1.29 is 9.90 Å². The van der Waals surface area contributed by atoms with Crippen molar-refractivity contribution in [3.63, 3.8) is 0 Å². The number of anilines is 1. The third-order valence-electron chi connectivity index (χ3n) is 2.60. The number of carbonyl (C=O) groups is 1. The molecule has 4 N–H and O–H groups in total. The van der Waals surface area contributed by atoms with Crippen molar-refractivity contribution >= 4 is 23.3 Å². The van der Waals surface area contributed by atoms with E-state index in [9.17, 15) is 9.90 Å². The zero-order valence-corrected chi connectivity index (χ0v) is 12.0. The summed E-state index contributed by atoms with van der Waals surface area (Å²) in [7, 11) is 0. The van der Waals surface area contributed by atoms with Crippen molar-refractivity contribution in [2.75, 3.05) is 11.9 Å². The average molecular weight is 308 g/mol. The van der Waals surface area contributed by atoms with Crippen molar-refractivity contribution in [1.82, 2.24) is 15.0 Å². The molecule has 8 heteroatoms. The van der Waals surface area contributed by atoms with E-state index >= 15 is 0 Å². The highest BCUT2D eigenvalue weighted by Gasteiger charge is 2.11. The molecule has 0 saturated heterocycles. The summed E-state index contributed by atoms with van der Waals surface area (Å²) in [6.45, 7) is 2.00. The predicted octanol–water partition coefficient (Wildman–Crippen LogP) is 1.08. The van der Waals surface area contributed by atoms with Gasteiger partial charge < -0.3 is 16.2 Å². The van der Waals surface area contributed by atoms with E-state index in [1.807, 2.05) is 0 Å². The fourth-order valence-corrected chi connectivity index (χ4v) is 1.80. The van der Waals surface area contributed by atoms with Gasteiger partial charge in [0, 0.05) is 18.3 Å². The number of nitrogens with one attached hydrogen (secondary N) is 1. The second kappa shape index (κ2) is 6.47. The maximum absolute atomic E-state index is 11.2. The smallest absolute Gasteiger partial charge is 0.267 e. The highest BCUT2D eigenvalue weighted by atomic mass is 35.5. The number of primary amides is 1. The van der Waals surface area contributed by atoms with Crippen LogP contribution >= 0.6 is 11.6 Å². The summed E-state index contributed by atoms with van der Waals surface area (Å²) in [5.74, 6) is -0.161. The van der Waals surface area contributed by atoms with Gasteiger partial charge in [-0.2, -0.15) is 0 Å². The van der Waals surface area contributed by atoms with Gasteiger partial charge in [-0.3, -0.25) is 9.78 Å². The second-order valence-corrected chi connectivity index (χ2v) is 4.84. The molecule has 2 aromatic rings. The van der Waals surface area contributed by atoms with Gasteiger partial charge in [0.05, 0.1) is 29.2 Å². The summed E-state index contributed by atoms with van der Waals surface area (Å²) in [5, 5.41) is 12.5. The first kappa shape index (κ1) is 15.1. The van der Waals surface area contributed by atoms with Crippen LogP contribution in [0.5, 0.6) is 0 Å². The quantitative estimate of drug-likeness (QED) is 0.761. The molecular formula is C13H14ClN5O2. The van der Waals surface area contributed by atoms with Gasteiger partial charge in [-0.1, -0.05) is 11.6 Å². The number of nitrogens with two attached hydrogens (primary N) is 1. The fourth-order valence-electron chi connectivity index (χ4n) is 1.60. The minimum atomic E-state index is -0.649. The number of rotatable bonds is 5. The van der Waals surface area contributed by atoms with Gasteiger partial charge in [0.2, 0.25) is 0 Å². The molecule has 0 unspecified atom stereocenters. The summed E-state index contributed by atoms with van der Waals surface area (Å²) in [6.07, 6.45) is 3.87. The van der Waals surface area contributed by atoms with Gasteiger partial charge in [-0.25, -0.2) is 9.97 Å². The van der Waals surface area contributed by atoms with Crippen LogP contribution in [0, 0.1) is 0 Å². The molecule has 0 fully saturated rings. The van der Waals surface area contributed by atoms with Crippen LogP contribution in [0.3, 0.4) is 0 Å². The molecule has 0 bridgehead atoms. The van der Waals surface area contributed by atoms with Crippen LogP contribution in [0.15, 0.2) is 24.7 Å². The van der Waals surface area contributed by atoms with Crippen LogP contribution in [0.25, 0.3) is 11.3 Å². The van der Waals surface area contributed by atoms with Crippen molar-refractivity contribution in [2.24, 2.45) is 5.73 Å². The molecule has 0 radical (unpaired) electrons. The summed E-state index contributed by atoms with van der Waals surface area (Å²) < 4.78 is 0. The molecule has 1 atom stereocenters. The monoisotopic (exact) mass is 307 g/mol. The van der Waals surface area contributed by atoms with Gasteiger partial charge in [-0.15, -0.1) is 0 Å². The number of amides is 1. The lowest BCUT2D eigenvalue weighted by molar-refractivity contribution is 0.0995. The molecule has 7 nitrogen and oxygen atoms in total. The Kier molecular flexibility index (Phi) is 4.66. The van der Waals surface area contributed by atoms with Gasteiger partial charge in [0.25, 0.3) is 5.91 Å². The largest absolute Gasteiger partial charge is 0.392 e. The van der Waals surface area contributed by atoms with Gasteiger partial charge in [0.1, 0.15) is 11.5 Å². The van der Waals surface area contributed by atoms with Gasteiger partial charge in [0.15, 0.2) is 0 Å². The molecule has 2 rings (SSSR count). The minimum absolute atomic E-state index is 0.0959. The molecule has 0 saturated carbocycles. The molecule has 0 aliphatic carbocycles. The van der Waals surface area contributed by atoms with Crippen molar-refractivity contribution in [3.8, 4) is 11.3 Å². The first-order valence-corrected chi connectivity index (χ1v) is 6.55. The van der Waals surface area contributed by atoms with Crippen molar-refractivity contribution in [1.29, 1.82) is 0 Å². The Bertz CT molecular complexity index is 663. The van der Waals surface area contributed by atoms with E-state index in [0.29, 0.717) is 28.6 Å². The number of hydrogen-bond donors (Lipinski definition) is 3. The fraction of sp³-hybridized carbons (Fsp3) is 0.231. The van der Waals surface area contributed by atoms with Gasteiger partial charge >= 0.3 is 0 Å². The summed E-state index contributed by atoms with van der Waals surface area (Å²) >= 11 is 6.07. The lowest BCUT2D eigenvalue weighted by atomic mass is 10.1. The Morgan fingerprint density at radius 2 is 2.24 bits per heavy atom. The average Bonchev–Trinajstić information content (AvgIpc) is 2.45. The van der Waals surface area contributed by atoms with Crippen LogP contribution in [0.4, 0.5) is 5.82 Å². The molecule has 21 heavy (non-hydrogen) atoms. The standard InChI is InChI=1S/C13H14ClN5O2/c1-7(20)3-18-12-6-16-5-11(19-12)8-2-10(13(15)21)17-4-9(8)14/h2,4-7,20H,3H2,1H3,(H2,15,21)(H,18,19)/t7-/m1/s1. The van der Waals surface area contributed by atoms with E-state index in [0.717, 1.165) is 0 Å². The molecule has 110 valence electrons. The topological polar surface area (TPSA) is 114 Å². The highest BCUT2D eigenvalue weighted by Crippen LogP contribution is 2.26. The normalized spacial score (nSPS) is 12.0. The molecule has 0 spiro atoms. The van der Waals surface area contributed by atoms with E-state index in [4.69, 9.17) is 17.3 Å². The summed E-state index contributed by atoms with van der Waals surface area (Å²) in [4.78, 5) is 23.4. The lowest BCUT2D eigenvalue weighted by Gasteiger charge is -2.09. The molecule has 0 aliphatic rings. The van der Waals surface area contributed by atoms with E-state index in [-0.39, 0.29) is 5.69 Å². The molecular weight excluding hydrogens is 294 g/mol.